The topological polar surface area (TPSA) is 84.9 Å². The van der Waals surface area contributed by atoms with Crippen molar-refractivity contribution in [2.45, 2.75) is 63.6 Å². The summed E-state index contributed by atoms with van der Waals surface area (Å²) in [7, 11) is 0. The summed E-state index contributed by atoms with van der Waals surface area (Å²) in [5.41, 5.74) is 0.571. The number of likely N-dealkylation sites (tertiary alicyclic amines) is 1. The Bertz CT molecular complexity index is 837. The van der Waals surface area contributed by atoms with Crippen molar-refractivity contribution < 1.29 is 23.9 Å². The molecule has 2 saturated carbocycles. The Labute approximate surface area is 169 Å². The molecule has 1 saturated heterocycles. The quantitative estimate of drug-likeness (QED) is 0.790. The van der Waals surface area contributed by atoms with Gasteiger partial charge in [-0.05, 0) is 37.8 Å². The summed E-state index contributed by atoms with van der Waals surface area (Å²) in [5.74, 6) is -0.477. The zero-order chi connectivity index (χ0) is 20.0. The number of nitrogens with zero attached hydrogens (tertiary/aromatic N) is 1. The van der Waals surface area contributed by atoms with E-state index in [1.807, 2.05) is 0 Å². The number of fused-ring (bicyclic) bond motifs is 2. The molecule has 4 aliphatic rings. The molecule has 7 heteroatoms. The first kappa shape index (κ1) is 18.5. The zero-order valence-corrected chi connectivity index (χ0v) is 16.4. The Balaban J connectivity index is 1.24. The highest BCUT2D eigenvalue weighted by Crippen LogP contribution is 2.46. The van der Waals surface area contributed by atoms with Crippen molar-refractivity contribution in [1.82, 2.24) is 4.90 Å². The van der Waals surface area contributed by atoms with Crippen LogP contribution in [0.25, 0.3) is 0 Å². The van der Waals surface area contributed by atoms with E-state index >= 15 is 0 Å². The summed E-state index contributed by atoms with van der Waals surface area (Å²) < 4.78 is 12.1. The molecule has 1 aromatic carbocycles. The number of imide groups is 1. The Morgan fingerprint density at radius 2 is 1.62 bits per heavy atom. The first-order valence-electron chi connectivity index (χ1n) is 10.7. The van der Waals surface area contributed by atoms with Crippen LogP contribution in [0.1, 0.15) is 57.8 Å². The average molecular weight is 398 g/mol. The number of hydrogen-bond donors (Lipinski definition) is 1. The molecule has 3 fully saturated rings. The fourth-order valence-corrected chi connectivity index (χ4v) is 5.20. The van der Waals surface area contributed by atoms with Crippen LogP contribution in [-0.2, 0) is 14.4 Å². The Morgan fingerprint density at radius 1 is 0.966 bits per heavy atom. The minimum atomic E-state index is -0.562. The molecule has 7 nitrogen and oxygen atoms in total. The first-order valence-corrected chi connectivity index (χ1v) is 10.7. The molecule has 3 amide bonds. The summed E-state index contributed by atoms with van der Waals surface area (Å²) in [6, 6.07) is 5.31. The minimum Gasteiger partial charge on any atom is -0.448 e. The molecule has 0 radical (unpaired) electrons. The van der Waals surface area contributed by atoms with E-state index in [0.717, 1.165) is 56.3 Å². The van der Waals surface area contributed by atoms with Gasteiger partial charge in [-0.3, -0.25) is 19.3 Å². The molecule has 154 valence electrons. The van der Waals surface area contributed by atoms with Crippen molar-refractivity contribution >= 4 is 23.4 Å². The van der Waals surface area contributed by atoms with Crippen LogP contribution in [0.3, 0.4) is 0 Å². The third-order valence-corrected chi connectivity index (χ3v) is 6.67. The second-order valence-electron chi connectivity index (χ2n) is 8.65. The number of benzene rings is 1. The van der Waals surface area contributed by atoms with E-state index in [1.165, 1.54) is 6.42 Å². The Hall–Kier alpha value is -2.57. The van der Waals surface area contributed by atoms with Crippen LogP contribution in [0.2, 0.25) is 0 Å². The van der Waals surface area contributed by atoms with Gasteiger partial charge in [0.1, 0.15) is 6.54 Å². The van der Waals surface area contributed by atoms with Gasteiger partial charge in [0.2, 0.25) is 17.7 Å². The molecule has 1 aromatic rings. The molecule has 2 heterocycles. The van der Waals surface area contributed by atoms with Crippen molar-refractivity contribution in [2.24, 2.45) is 11.8 Å². The van der Waals surface area contributed by atoms with E-state index in [1.54, 1.807) is 18.2 Å². The van der Waals surface area contributed by atoms with Gasteiger partial charge in [0.15, 0.2) is 11.5 Å². The number of carbonyl (C=O) groups excluding carboxylic acids is 3. The van der Waals surface area contributed by atoms with Gasteiger partial charge in [0.25, 0.3) is 5.79 Å². The molecule has 1 spiro atoms. The summed E-state index contributed by atoms with van der Waals surface area (Å²) in [4.78, 5) is 38.8. The lowest BCUT2D eigenvalue weighted by Crippen LogP contribution is -2.40. The maximum atomic E-state index is 12.6. The lowest BCUT2D eigenvalue weighted by atomic mass is 9.81. The fourth-order valence-electron chi connectivity index (χ4n) is 5.20. The van der Waals surface area contributed by atoms with Crippen LogP contribution in [0.5, 0.6) is 11.5 Å². The lowest BCUT2D eigenvalue weighted by Gasteiger charge is -2.31. The summed E-state index contributed by atoms with van der Waals surface area (Å²) in [5, 5.41) is 2.79. The number of hydrogen-bond acceptors (Lipinski definition) is 5. The third kappa shape index (κ3) is 3.26. The van der Waals surface area contributed by atoms with Crippen LogP contribution in [0.4, 0.5) is 5.69 Å². The Kier molecular flexibility index (Phi) is 4.48. The largest absolute Gasteiger partial charge is 0.448 e. The molecule has 29 heavy (non-hydrogen) atoms. The maximum absolute atomic E-state index is 12.6. The van der Waals surface area contributed by atoms with E-state index < -0.39 is 5.79 Å². The van der Waals surface area contributed by atoms with Gasteiger partial charge in [0, 0.05) is 24.6 Å². The molecule has 2 atom stereocenters. The molecular formula is C22H26N2O5. The highest BCUT2D eigenvalue weighted by molar-refractivity contribution is 6.08. The smallest absolute Gasteiger partial charge is 0.251 e. The zero-order valence-electron chi connectivity index (χ0n) is 16.4. The van der Waals surface area contributed by atoms with Gasteiger partial charge in [-0.1, -0.05) is 19.3 Å². The maximum Gasteiger partial charge on any atom is 0.251 e. The van der Waals surface area contributed by atoms with Gasteiger partial charge < -0.3 is 14.8 Å². The molecule has 0 bridgehead atoms. The number of nitrogens with one attached hydrogen (secondary N) is 1. The molecule has 0 aromatic heterocycles. The van der Waals surface area contributed by atoms with E-state index in [2.05, 4.69) is 5.32 Å². The molecule has 2 aliphatic carbocycles. The van der Waals surface area contributed by atoms with Crippen molar-refractivity contribution in [3.63, 3.8) is 0 Å². The molecular weight excluding hydrogens is 372 g/mol. The third-order valence-electron chi connectivity index (χ3n) is 6.67. The van der Waals surface area contributed by atoms with Crippen molar-refractivity contribution in [3.8, 4) is 11.5 Å². The standard InChI is InChI=1S/C22H26N2O5/c25-19(13-24-20(26)15-6-2-3-7-16(15)21(24)27)23-14-8-9-17-18(12-14)29-22(28-17)10-4-1-5-11-22/h8-9,12,15-16H,1-7,10-11,13H2,(H,23,25). The molecule has 5 rings (SSSR count). The fraction of sp³-hybridized carbons (Fsp3) is 0.591. The monoisotopic (exact) mass is 398 g/mol. The van der Waals surface area contributed by atoms with Gasteiger partial charge in [-0.25, -0.2) is 0 Å². The lowest BCUT2D eigenvalue weighted by molar-refractivity contribution is -0.142. The van der Waals surface area contributed by atoms with Gasteiger partial charge in [0.05, 0.1) is 11.8 Å². The number of anilines is 1. The van der Waals surface area contributed by atoms with E-state index in [4.69, 9.17) is 9.47 Å². The minimum absolute atomic E-state index is 0.195. The summed E-state index contributed by atoms with van der Waals surface area (Å²) in [6.07, 6.45) is 8.53. The molecule has 2 unspecified atom stereocenters. The second-order valence-corrected chi connectivity index (χ2v) is 8.65. The molecule has 1 N–H and O–H groups in total. The highest BCUT2D eigenvalue weighted by Gasteiger charge is 2.48. The van der Waals surface area contributed by atoms with Crippen LogP contribution in [-0.4, -0.2) is 35.0 Å². The Morgan fingerprint density at radius 3 is 2.31 bits per heavy atom. The van der Waals surface area contributed by atoms with E-state index in [0.29, 0.717) is 17.2 Å². The van der Waals surface area contributed by atoms with Crippen LogP contribution >= 0.6 is 0 Å². The average Bonchev–Trinajstić information content (AvgIpc) is 3.18. The number of ether oxygens (including phenoxy) is 2. The number of rotatable bonds is 3. The SMILES string of the molecule is O=C(CN1C(=O)C2CCCCC2C1=O)Nc1ccc2c(c1)OC1(CCCCC1)O2. The van der Waals surface area contributed by atoms with Crippen molar-refractivity contribution in [1.29, 1.82) is 0 Å². The predicted molar refractivity (Wildman–Crippen MR) is 104 cm³/mol. The van der Waals surface area contributed by atoms with Crippen molar-refractivity contribution in [3.05, 3.63) is 18.2 Å². The first-order chi connectivity index (χ1) is 14.0. The number of amides is 3. The second kappa shape index (κ2) is 7.04. The van der Waals surface area contributed by atoms with Crippen LogP contribution in [0, 0.1) is 11.8 Å². The summed E-state index contributed by atoms with van der Waals surface area (Å²) in [6.45, 7) is -0.233. The van der Waals surface area contributed by atoms with Gasteiger partial charge in [-0.15, -0.1) is 0 Å². The van der Waals surface area contributed by atoms with Crippen LogP contribution < -0.4 is 14.8 Å². The van der Waals surface area contributed by atoms with Gasteiger partial charge in [-0.2, -0.15) is 0 Å². The highest BCUT2D eigenvalue weighted by atomic mass is 16.7. The summed E-state index contributed by atoms with van der Waals surface area (Å²) >= 11 is 0. The van der Waals surface area contributed by atoms with E-state index in [9.17, 15) is 14.4 Å². The predicted octanol–water partition coefficient (Wildman–Crippen LogP) is 3.23. The van der Waals surface area contributed by atoms with E-state index in [-0.39, 0.29) is 36.1 Å². The normalized spacial score (nSPS) is 27.2. The van der Waals surface area contributed by atoms with Crippen LogP contribution in [0.15, 0.2) is 18.2 Å². The molecule has 2 aliphatic heterocycles. The van der Waals surface area contributed by atoms with Crippen molar-refractivity contribution in [2.75, 3.05) is 11.9 Å². The van der Waals surface area contributed by atoms with Gasteiger partial charge >= 0.3 is 0 Å². The number of carbonyl (C=O) groups is 3.